The highest BCUT2D eigenvalue weighted by molar-refractivity contribution is 7.74. The van der Waals surface area contributed by atoms with Crippen LogP contribution in [0.5, 0.6) is 0 Å². The molecule has 4 aliphatic heterocycles. The summed E-state index contributed by atoms with van der Waals surface area (Å²) in [4.78, 5) is 0. The minimum Gasteiger partial charge on any atom is -0.0677 e. The lowest BCUT2D eigenvalue weighted by Crippen LogP contribution is -2.29. The van der Waals surface area contributed by atoms with Crippen molar-refractivity contribution in [3.05, 3.63) is 24.3 Å². The summed E-state index contributed by atoms with van der Waals surface area (Å²) in [5, 5.41) is 3.80. The van der Waals surface area contributed by atoms with E-state index in [2.05, 4.69) is 79.7 Å². The Balaban J connectivity index is 1.54. The molecule has 1 aromatic rings. The predicted molar refractivity (Wildman–Crippen MR) is 146 cm³/mol. The third kappa shape index (κ3) is 3.69. The van der Waals surface area contributed by atoms with Gasteiger partial charge in [0.15, 0.2) is 0 Å². The summed E-state index contributed by atoms with van der Waals surface area (Å²) < 4.78 is 0. The molecular formula is C30H48P2. The van der Waals surface area contributed by atoms with Gasteiger partial charge in [-0.2, -0.15) is 0 Å². The Morgan fingerprint density at radius 1 is 0.500 bits per heavy atom. The zero-order valence-electron chi connectivity index (χ0n) is 22.0. The van der Waals surface area contributed by atoms with Crippen LogP contribution in [-0.4, -0.2) is 22.6 Å². The first-order valence-corrected chi connectivity index (χ1v) is 16.8. The molecule has 8 unspecified atom stereocenters. The molecule has 0 spiro atoms. The Labute approximate surface area is 201 Å². The first kappa shape index (κ1) is 23.8. The number of fused-ring (bicyclic) bond motifs is 4. The molecule has 4 aliphatic rings. The van der Waals surface area contributed by atoms with Gasteiger partial charge in [0.1, 0.15) is 0 Å². The fraction of sp³-hybridized carbons (Fsp3) is 0.800. The second kappa shape index (κ2) is 8.94. The van der Waals surface area contributed by atoms with Gasteiger partial charge in [0, 0.05) is 0 Å². The third-order valence-corrected chi connectivity index (χ3v) is 17.6. The van der Waals surface area contributed by atoms with Crippen molar-refractivity contribution in [1.82, 2.24) is 0 Å². The molecule has 4 bridgehead atoms. The van der Waals surface area contributed by atoms with Crippen molar-refractivity contribution in [3.63, 3.8) is 0 Å². The van der Waals surface area contributed by atoms with Crippen LogP contribution in [0.3, 0.4) is 0 Å². The quantitative estimate of drug-likeness (QED) is 0.369. The summed E-state index contributed by atoms with van der Waals surface area (Å²) in [7, 11) is 0.0294. The normalized spacial score (nSPS) is 43.0. The van der Waals surface area contributed by atoms with Gasteiger partial charge < -0.3 is 0 Å². The standard InChI is InChI=1S/C30H48P2/c1-17(2)21-13-28-22(18(3)4)14-27(21)31(28)25-11-9-10-12-26(25)32-29-16-24(20(7)8)30(32)15-23(29)19(5)6/h9-12,17-24,27-30H,13-16H2,1-8H3. The smallest absolute Gasteiger partial charge is 0.0132 e. The van der Waals surface area contributed by atoms with Gasteiger partial charge in [-0.1, -0.05) is 95.5 Å². The van der Waals surface area contributed by atoms with Crippen LogP contribution in [0.2, 0.25) is 0 Å². The maximum atomic E-state index is 2.64. The van der Waals surface area contributed by atoms with Crippen molar-refractivity contribution in [2.45, 2.75) is 104 Å². The van der Waals surface area contributed by atoms with E-state index in [4.69, 9.17) is 0 Å². The molecule has 2 heteroatoms. The first-order valence-electron chi connectivity index (χ1n) is 13.9. The maximum absolute atomic E-state index is 2.64. The van der Waals surface area contributed by atoms with Crippen LogP contribution < -0.4 is 10.6 Å². The predicted octanol–water partition coefficient (Wildman–Crippen LogP) is 8.08. The van der Waals surface area contributed by atoms with Gasteiger partial charge in [-0.3, -0.25) is 0 Å². The lowest BCUT2D eigenvalue weighted by Gasteiger charge is -2.31. The molecule has 0 amide bonds. The van der Waals surface area contributed by atoms with Crippen LogP contribution in [0.1, 0.15) is 81.1 Å². The van der Waals surface area contributed by atoms with Crippen molar-refractivity contribution in [1.29, 1.82) is 0 Å². The molecule has 0 N–H and O–H groups in total. The van der Waals surface area contributed by atoms with Crippen molar-refractivity contribution in [3.8, 4) is 0 Å². The van der Waals surface area contributed by atoms with Gasteiger partial charge in [0.2, 0.25) is 0 Å². The minimum absolute atomic E-state index is 0.0147. The van der Waals surface area contributed by atoms with Gasteiger partial charge >= 0.3 is 0 Å². The van der Waals surface area contributed by atoms with E-state index in [0.717, 1.165) is 70.0 Å². The Morgan fingerprint density at radius 2 is 0.750 bits per heavy atom. The van der Waals surface area contributed by atoms with Gasteiger partial charge in [0.05, 0.1) is 0 Å². The molecule has 4 fully saturated rings. The van der Waals surface area contributed by atoms with Crippen molar-refractivity contribution < 1.29 is 0 Å². The van der Waals surface area contributed by atoms with E-state index in [-0.39, 0.29) is 15.8 Å². The second-order valence-electron chi connectivity index (χ2n) is 13.1. The van der Waals surface area contributed by atoms with E-state index in [1.807, 2.05) is 10.6 Å². The molecule has 0 radical (unpaired) electrons. The largest absolute Gasteiger partial charge is 0.0677 e. The number of hydrogen-bond donors (Lipinski definition) is 0. The monoisotopic (exact) mass is 470 g/mol. The van der Waals surface area contributed by atoms with E-state index in [9.17, 15) is 0 Å². The average molecular weight is 471 g/mol. The first-order chi connectivity index (χ1) is 15.2. The van der Waals surface area contributed by atoms with Gasteiger partial charge in [-0.25, -0.2) is 0 Å². The Hall–Kier alpha value is 0.0800. The molecule has 0 aliphatic carbocycles. The number of rotatable bonds is 6. The fourth-order valence-corrected chi connectivity index (χ4v) is 18.4. The number of benzene rings is 1. The van der Waals surface area contributed by atoms with E-state index in [0.29, 0.717) is 0 Å². The maximum Gasteiger partial charge on any atom is -0.0132 e. The number of hydrogen-bond acceptors (Lipinski definition) is 0. The second-order valence-corrected chi connectivity index (χ2v) is 18.4. The van der Waals surface area contributed by atoms with Crippen LogP contribution in [0.15, 0.2) is 24.3 Å². The van der Waals surface area contributed by atoms with Gasteiger partial charge in [0.25, 0.3) is 0 Å². The molecule has 0 aromatic heterocycles. The van der Waals surface area contributed by atoms with Crippen LogP contribution in [-0.2, 0) is 0 Å². The Bertz CT molecular complexity index is 700. The molecular weight excluding hydrogens is 422 g/mol. The molecule has 4 saturated heterocycles. The molecule has 0 nitrogen and oxygen atoms in total. The SMILES string of the molecule is CC(C)C1CC2C(C(C)C)CC1P2c1ccccc1P1C2CC(C(C)C)C1CC2C(C)C. The summed E-state index contributed by atoms with van der Waals surface area (Å²) in [6.45, 7) is 20.1. The van der Waals surface area contributed by atoms with Crippen molar-refractivity contribution in [2.75, 3.05) is 0 Å². The van der Waals surface area contributed by atoms with Crippen molar-refractivity contribution >= 4 is 26.5 Å². The van der Waals surface area contributed by atoms with E-state index in [1.165, 1.54) is 25.7 Å². The molecule has 0 saturated carbocycles. The highest BCUT2D eigenvalue weighted by Crippen LogP contribution is 2.73. The summed E-state index contributed by atoms with van der Waals surface area (Å²) >= 11 is 0. The van der Waals surface area contributed by atoms with Gasteiger partial charge in [-0.05, 0) is 106 Å². The van der Waals surface area contributed by atoms with Crippen LogP contribution in [0.25, 0.3) is 0 Å². The van der Waals surface area contributed by atoms with Crippen LogP contribution in [0.4, 0.5) is 0 Å². The Morgan fingerprint density at radius 3 is 0.969 bits per heavy atom. The third-order valence-electron chi connectivity index (χ3n) is 10.3. The zero-order valence-corrected chi connectivity index (χ0v) is 23.7. The fourth-order valence-electron chi connectivity index (χ4n) is 8.70. The highest BCUT2D eigenvalue weighted by atomic mass is 31.1. The molecule has 4 heterocycles. The Kier molecular flexibility index (Phi) is 6.65. The lowest BCUT2D eigenvalue weighted by molar-refractivity contribution is 0.232. The summed E-state index contributed by atoms with van der Waals surface area (Å²) in [6.07, 6.45) is 6.11. The highest BCUT2D eigenvalue weighted by Gasteiger charge is 2.58. The molecule has 8 atom stereocenters. The molecule has 32 heavy (non-hydrogen) atoms. The average Bonchev–Trinajstić information content (AvgIpc) is 3.49. The zero-order chi connectivity index (χ0) is 22.9. The van der Waals surface area contributed by atoms with E-state index >= 15 is 0 Å². The van der Waals surface area contributed by atoms with E-state index < -0.39 is 0 Å². The van der Waals surface area contributed by atoms with Crippen LogP contribution in [0, 0.1) is 47.3 Å². The summed E-state index contributed by atoms with van der Waals surface area (Å²) in [6, 6.07) is 10.1. The molecule has 1 aromatic carbocycles. The van der Waals surface area contributed by atoms with Crippen LogP contribution >= 0.6 is 15.8 Å². The minimum atomic E-state index is 0.0147. The van der Waals surface area contributed by atoms with E-state index in [1.54, 1.807) is 0 Å². The summed E-state index contributed by atoms with van der Waals surface area (Å²) in [5.74, 6) is 7.36. The lowest BCUT2D eigenvalue weighted by atomic mass is 9.73. The van der Waals surface area contributed by atoms with Gasteiger partial charge in [-0.15, -0.1) is 0 Å². The summed E-state index contributed by atoms with van der Waals surface area (Å²) in [5.41, 5.74) is 4.00. The molecule has 178 valence electrons. The molecule has 5 rings (SSSR count). The van der Waals surface area contributed by atoms with Crippen molar-refractivity contribution in [2.24, 2.45) is 47.3 Å². The topological polar surface area (TPSA) is 0 Å².